The molecule has 8 heteroatoms. The Bertz CT molecular complexity index is 707. The van der Waals surface area contributed by atoms with E-state index in [4.69, 9.17) is 21.6 Å². The predicted octanol–water partition coefficient (Wildman–Crippen LogP) is 1.54. The second-order valence-electron chi connectivity index (χ2n) is 5.14. The summed E-state index contributed by atoms with van der Waals surface area (Å²) in [5.41, 5.74) is 0.814. The number of allylic oxidation sites excluding steroid dienone is 1. The molecule has 0 N–H and O–H groups in total. The second-order valence-corrected chi connectivity index (χ2v) is 5.41. The Balaban J connectivity index is 2.06. The third-order valence-electron chi connectivity index (χ3n) is 3.69. The van der Waals surface area contributed by atoms with Gasteiger partial charge in [0.15, 0.2) is 5.82 Å². The predicted molar refractivity (Wildman–Crippen MR) is 90.0 cm³/mol. The second kappa shape index (κ2) is 7.34. The van der Waals surface area contributed by atoms with Crippen molar-refractivity contribution in [1.82, 2.24) is 9.91 Å². The summed E-state index contributed by atoms with van der Waals surface area (Å²) < 4.78 is 5.39. The number of alkyl halides is 1. The number of carbonyl (C=O) groups excluding carboxylic acids is 1. The Hall–Kier alpha value is -2.56. The maximum atomic E-state index is 12.2. The van der Waals surface area contributed by atoms with Crippen LogP contribution in [0, 0.1) is 11.3 Å². The van der Waals surface area contributed by atoms with Crippen molar-refractivity contribution in [3.05, 3.63) is 42.2 Å². The first kappa shape index (κ1) is 16.3. The van der Waals surface area contributed by atoms with Crippen LogP contribution in [0.4, 0.5) is 5.69 Å². The molecule has 0 spiro atoms. The highest BCUT2D eigenvalue weighted by molar-refractivity contribution is 6.27. The molecule has 1 saturated heterocycles. The highest BCUT2D eigenvalue weighted by Gasteiger charge is 2.37. The van der Waals surface area contributed by atoms with Crippen LogP contribution in [-0.2, 0) is 9.53 Å². The normalized spacial score (nSPS) is 19.4. The lowest BCUT2D eigenvalue weighted by Crippen LogP contribution is -2.47. The Morgan fingerprint density at radius 3 is 2.67 bits per heavy atom. The van der Waals surface area contributed by atoms with Crippen molar-refractivity contribution in [2.24, 2.45) is 5.10 Å². The average Bonchev–Trinajstić information content (AvgIpc) is 3.02. The summed E-state index contributed by atoms with van der Waals surface area (Å²) in [6, 6.07) is 11.5. The number of morpholine rings is 1. The first-order chi connectivity index (χ1) is 11.8. The maximum absolute atomic E-state index is 12.2. The number of hydrogen-bond donors (Lipinski definition) is 0. The molecule has 0 atom stereocenters. The number of para-hydroxylation sites is 1. The lowest BCUT2D eigenvalue weighted by Gasteiger charge is -2.32. The average molecular weight is 346 g/mol. The summed E-state index contributed by atoms with van der Waals surface area (Å²) in [6.07, 6.45) is 1.30. The van der Waals surface area contributed by atoms with Gasteiger partial charge in [0.1, 0.15) is 5.88 Å². The lowest BCUT2D eigenvalue weighted by molar-refractivity contribution is -0.126. The quantitative estimate of drug-likeness (QED) is 0.600. The fraction of sp³-hybridized carbons (Fsp3) is 0.312. The number of nitrogens with zero attached hydrogens (tertiary/aromatic N) is 5. The summed E-state index contributed by atoms with van der Waals surface area (Å²) in [6.45, 7) is 2.49. The smallest absolute Gasteiger partial charge is 0.263 e. The van der Waals surface area contributed by atoms with E-state index >= 15 is 0 Å². The molecule has 0 unspecified atom stereocenters. The molecule has 2 aliphatic rings. The van der Waals surface area contributed by atoms with E-state index in [0.29, 0.717) is 38.1 Å². The van der Waals surface area contributed by atoms with Crippen molar-refractivity contribution < 1.29 is 9.53 Å². The van der Waals surface area contributed by atoms with Crippen molar-refractivity contribution in [1.29, 1.82) is 5.26 Å². The number of halogens is 1. The van der Waals surface area contributed by atoms with Crippen molar-refractivity contribution in [3.8, 4) is 6.07 Å². The number of anilines is 1. The van der Waals surface area contributed by atoms with Crippen LogP contribution in [0.25, 0.3) is 0 Å². The fourth-order valence-corrected chi connectivity index (χ4v) is 2.71. The molecular formula is C16H16ClN5O2. The number of carbonyl (C=O) groups is 1. The molecule has 2 aliphatic heterocycles. The summed E-state index contributed by atoms with van der Waals surface area (Å²) in [5, 5.41) is 14.8. The zero-order chi connectivity index (χ0) is 16.9. The largest absolute Gasteiger partial charge is 0.378 e. The number of guanidine groups is 1. The summed E-state index contributed by atoms with van der Waals surface area (Å²) in [4.78, 5) is 16.0. The number of hydrogen-bond acceptors (Lipinski definition) is 6. The van der Waals surface area contributed by atoms with Gasteiger partial charge in [0, 0.05) is 13.1 Å². The molecule has 1 aromatic carbocycles. The molecule has 7 nitrogen and oxygen atoms in total. The molecule has 1 aromatic rings. The Morgan fingerprint density at radius 2 is 2.04 bits per heavy atom. The number of nitriles is 1. The molecule has 1 fully saturated rings. The van der Waals surface area contributed by atoms with E-state index in [9.17, 15) is 4.79 Å². The van der Waals surface area contributed by atoms with Gasteiger partial charge in [0.2, 0.25) is 5.96 Å². The summed E-state index contributed by atoms with van der Waals surface area (Å²) >= 11 is 5.70. The van der Waals surface area contributed by atoms with Gasteiger partial charge in [-0.05, 0) is 12.1 Å². The monoisotopic (exact) mass is 345 g/mol. The van der Waals surface area contributed by atoms with Gasteiger partial charge in [-0.2, -0.15) is 10.3 Å². The molecule has 0 aromatic heterocycles. The molecule has 0 saturated carbocycles. The van der Waals surface area contributed by atoms with E-state index < -0.39 is 0 Å². The summed E-state index contributed by atoms with van der Waals surface area (Å²) in [5.74, 6) is 0.355. The van der Waals surface area contributed by atoms with Gasteiger partial charge in [-0.1, -0.05) is 18.2 Å². The molecule has 1 amide bonds. The van der Waals surface area contributed by atoms with Crippen molar-refractivity contribution in [2.75, 3.05) is 37.1 Å². The van der Waals surface area contributed by atoms with Crippen LogP contribution in [0.2, 0.25) is 0 Å². The number of hydrazone groups is 1. The minimum atomic E-state index is -0.387. The minimum Gasteiger partial charge on any atom is -0.378 e. The number of benzene rings is 1. The van der Waals surface area contributed by atoms with Crippen LogP contribution < -0.4 is 4.90 Å². The SMILES string of the molecule is N#CC=C1N(C(=O)CCl)N=C(N2CCOCC2)N1c1ccccc1. The summed E-state index contributed by atoms with van der Waals surface area (Å²) in [7, 11) is 0. The van der Waals surface area contributed by atoms with Gasteiger partial charge < -0.3 is 9.64 Å². The van der Waals surface area contributed by atoms with Gasteiger partial charge in [0.05, 0.1) is 31.0 Å². The lowest BCUT2D eigenvalue weighted by atomic mass is 10.3. The molecule has 0 bridgehead atoms. The highest BCUT2D eigenvalue weighted by atomic mass is 35.5. The number of ether oxygens (including phenoxy) is 1. The molecule has 0 aliphatic carbocycles. The molecular weight excluding hydrogens is 330 g/mol. The van der Waals surface area contributed by atoms with Gasteiger partial charge in [-0.25, -0.2) is 0 Å². The van der Waals surface area contributed by atoms with E-state index in [0.717, 1.165) is 5.69 Å². The van der Waals surface area contributed by atoms with E-state index in [1.807, 2.05) is 41.3 Å². The molecule has 24 heavy (non-hydrogen) atoms. The maximum Gasteiger partial charge on any atom is 0.263 e. The van der Waals surface area contributed by atoms with Crippen molar-refractivity contribution in [3.63, 3.8) is 0 Å². The molecule has 3 rings (SSSR count). The zero-order valence-electron chi connectivity index (χ0n) is 12.9. The van der Waals surface area contributed by atoms with Crippen LogP contribution >= 0.6 is 11.6 Å². The zero-order valence-corrected chi connectivity index (χ0v) is 13.7. The van der Waals surface area contributed by atoms with E-state index in [2.05, 4.69) is 5.10 Å². The molecule has 124 valence electrons. The van der Waals surface area contributed by atoms with Crippen molar-refractivity contribution in [2.45, 2.75) is 0 Å². The standard InChI is InChI=1S/C16H16ClN5O2/c17-12-15(23)22-14(6-7-18)21(13-4-2-1-3-5-13)16(19-22)20-8-10-24-11-9-20/h1-6H,8-12H2. The Kier molecular flexibility index (Phi) is 4.99. The van der Waals surface area contributed by atoms with E-state index in [1.54, 1.807) is 4.90 Å². The Labute approximate surface area is 144 Å². The third kappa shape index (κ3) is 3.07. The van der Waals surface area contributed by atoms with Crippen LogP contribution in [0.15, 0.2) is 47.3 Å². The molecule has 0 radical (unpaired) electrons. The topological polar surface area (TPSA) is 72.2 Å². The van der Waals surface area contributed by atoms with Crippen molar-refractivity contribution >= 4 is 29.2 Å². The van der Waals surface area contributed by atoms with Gasteiger partial charge >= 0.3 is 0 Å². The molecule has 2 heterocycles. The number of amides is 1. The van der Waals surface area contributed by atoms with Crippen LogP contribution in [0.1, 0.15) is 0 Å². The van der Waals surface area contributed by atoms with Crippen LogP contribution in [0.5, 0.6) is 0 Å². The van der Waals surface area contributed by atoms with Gasteiger partial charge in [-0.15, -0.1) is 16.7 Å². The Morgan fingerprint density at radius 1 is 1.33 bits per heavy atom. The first-order valence-corrected chi connectivity index (χ1v) is 8.05. The first-order valence-electron chi connectivity index (χ1n) is 7.51. The van der Waals surface area contributed by atoms with Gasteiger partial charge in [0.25, 0.3) is 5.91 Å². The third-order valence-corrected chi connectivity index (χ3v) is 3.92. The van der Waals surface area contributed by atoms with E-state index in [-0.39, 0.29) is 11.8 Å². The number of rotatable bonds is 2. The minimum absolute atomic E-state index is 0.217. The highest BCUT2D eigenvalue weighted by Crippen LogP contribution is 2.29. The van der Waals surface area contributed by atoms with Gasteiger partial charge in [-0.3, -0.25) is 9.69 Å². The van der Waals surface area contributed by atoms with E-state index in [1.165, 1.54) is 11.1 Å². The van der Waals surface area contributed by atoms with Crippen LogP contribution in [0.3, 0.4) is 0 Å². The van der Waals surface area contributed by atoms with Crippen LogP contribution in [-0.4, -0.2) is 54.0 Å². The fourth-order valence-electron chi connectivity index (χ4n) is 2.60.